The smallest absolute Gasteiger partial charge is 0.335 e. The third-order valence-corrected chi connectivity index (χ3v) is 3.65. The largest absolute Gasteiger partial charge is 0.469 e. The highest BCUT2D eigenvalue weighted by Gasteiger charge is 2.40. The van der Waals surface area contributed by atoms with Gasteiger partial charge in [-0.25, -0.2) is 9.79 Å². The molecule has 1 saturated carbocycles. The maximum Gasteiger partial charge on any atom is 0.335 e. The highest BCUT2D eigenvalue weighted by Crippen LogP contribution is 2.48. The molecule has 0 radical (unpaired) electrons. The van der Waals surface area contributed by atoms with Crippen LogP contribution in [-0.2, 0) is 14.3 Å². The van der Waals surface area contributed by atoms with Crippen molar-refractivity contribution in [2.45, 2.75) is 38.3 Å². The van der Waals surface area contributed by atoms with Crippen LogP contribution >= 0.6 is 0 Å². The Balaban J connectivity index is 1.74. The van der Waals surface area contributed by atoms with Gasteiger partial charge in [0.25, 0.3) is 0 Å². The summed E-state index contributed by atoms with van der Waals surface area (Å²) in [6.07, 6.45) is 1.96. The summed E-state index contributed by atoms with van der Waals surface area (Å²) in [5.41, 5.74) is 0. The highest BCUT2D eigenvalue weighted by molar-refractivity contribution is 5.80. The number of hydrogen-bond donors (Lipinski definition) is 0. The summed E-state index contributed by atoms with van der Waals surface area (Å²) >= 11 is 0. The molecule has 0 N–H and O–H groups in total. The Bertz CT molecular complexity index is 507. The summed E-state index contributed by atoms with van der Waals surface area (Å²) in [6.45, 7) is 4.30. The standard InChI is InChI=1S/C14H17NO4/c1-3-17-14(16)12-13(18-7-15-12)11-5-4-10(19-11)9-6-8(9)2/h4-5,7-9,12-13H,3,6H2,1-2H3. The van der Waals surface area contributed by atoms with Crippen molar-refractivity contribution in [1.29, 1.82) is 0 Å². The van der Waals surface area contributed by atoms with Crippen LogP contribution in [0.2, 0.25) is 0 Å². The fourth-order valence-electron chi connectivity index (χ4n) is 2.39. The first kappa shape index (κ1) is 12.3. The predicted octanol–water partition coefficient (Wildman–Crippen LogP) is 2.43. The molecule has 2 heterocycles. The van der Waals surface area contributed by atoms with E-state index in [-0.39, 0.29) is 5.97 Å². The van der Waals surface area contributed by atoms with Crippen molar-refractivity contribution in [3.63, 3.8) is 0 Å². The Morgan fingerprint density at radius 3 is 2.89 bits per heavy atom. The molecule has 1 aromatic heterocycles. The van der Waals surface area contributed by atoms with Crippen LogP contribution in [0.5, 0.6) is 0 Å². The van der Waals surface area contributed by atoms with Crippen LogP contribution in [0.25, 0.3) is 0 Å². The topological polar surface area (TPSA) is 61.0 Å². The SMILES string of the molecule is CCOC(=O)C1N=COC1c1ccc(C2CC2C)o1. The van der Waals surface area contributed by atoms with Gasteiger partial charge in [-0.1, -0.05) is 6.92 Å². The van der Waals surface area contributed by atoms with Crippen LogP contribution in [0.4, 0.5) is 0 Å². The monoisotopic (exact) mass is 263 g/mol. The van der Waals surface area contributed by atoms with Crippen LogP contribution < -0.4 is 0 Å². The van der Waals surface area contributed by atoms with E-state index < -0.39 is 12.1 Å². The second-order valence-electron chi connectivity index (χ2n) is 5.07. The van der Waals surface area contributed by atoms with Gasteiger partial charge in [-0.2, -0.15) is 0 Å². The van der Waals surface area contributed by atoms with E-state index in [9.17, 15) is 4.79 Å². The Morgan fingerprint density at radius 1 is 1.47 bits per heavy atom. The number of furan rings is 1. The zero-order valence-corrected chi connectivity index (χ0v) is 11.0. The van der Waals surface area contributed by atoms with Crippen molar-refractivity contribution in [3.8, 4) is 0 Å². The first-order valence-corrected chi connectivity index (χ1v) is 6.64. The number of carbonyl (C=O) groups is 1. The van der Waals surface area contributed by atoms with Gasteiger partial charge in [-0.15, -0.1) is 0 Å². The van der Waals surface area contributed by atoms with Crippen LogP contribution in [0.3, 0.4) is 0 Å². The molecule has 1 aromatic rings. The zero-order chi connectivity index (χ0) is 13.4. The Hall–Kier alpha value is -1.78. The van der Waals surface area contributed by atoms with Crippen LogP contribution in [0, 0.1) is 5.92 Å². The maximum absolute atomic E-state index is 11.8. The maximum atomic E-state index is 11.8. The van der Waals surface area contributed by atoms with E-state index in [4.69, 9.17) is 13.9 Å². The normalized spacial score (nSPS) is 32.1. The summed E-state index contributed by atoms with van der Waals surface area (Å²) in [7, 11) is 0. The van der Waals surface area contributed by atoms with E-state index in [1.165, 1.54) is 6.40 Å². The lowest BCUT2D eigenvalue weighted by atomic mass is 10.1. The summed E-state index contributed by atoms with van der Waals surface area (Å²) in [5.74, 6) is 2.43. The number of esters is 1. The van der Waals surface area contributed by atoms with E-state index >= 15 is 0 Å². The van der Waals surface area contributed by atoms with Crippen LogP contribution in [-0.4, -0.2) is 25.0 Å². The third-order valence-electron chi connectivity index (χ3n) is 3.65. The molecule has 1 aliphatic heterocycles. The van der Waals surface area contributed by atoms with E-state index in [0.29, 0.717) is 24.2 Å². The van der Waals surface area contributed by atoms with Gasteiger partial charge >= 0.3 is 5.97 Å². The quantitative estimate of drug-likeness (QED) is 0.783. The number of rotatable bonds is 4. The van der Waals surface area contributed by atoms with E-state index in [1.54, 1.807) is 6.92 Å². The molecule has 0 saturated heterocycles. The fourth-order valence-corrected chi connectivity index (χ4v) is 2.39. The number of carbonyl (C=O) groups excluding carboxylic acids is 1. The molecule has 0 bridgehead atoms. The Morgan fingerprint density at radius 2 is 2.21 bits per heavy atom. The summed E-state index contributed by atoms with van der Waals surface area (Å²) in [5, 5.41) is 0. The molecule has 5 heteroatoms. The summed E-state index contributed by atoms with van der Waals surface area (Å²) < 4.78 is 16.2. The number of ether oxygens (including phenoxy) is 2. The highest BCUT2D eigenvalue weighted by atomic mass is 16.5. The van der Waals surface area contributed by atoms with Gasteiger partial charge in [0, 0.05) is 5.92 Å². The Labute approximate surface area is 111 Å². The molecule has 1 fully saturated rings. The van der Waals surface area contributed by atoms with Gasteiger partial charge in [0.05, 0.1) is 6.61 Å². The van der Waals surface area contributed by atoms with E-state index in [0.717, 1.165) is 12.2 Å². The summed E-state index contributed by atoms with van der Waals surface area (Å²) in [4.78, 5) is 15.8. The lowest BCUT2D eigenvalue weighted by molar-refractivity contribution is -0.146. The van der Waals surface area contributed by atoms with Crippen molar-refractivity contribution < 1.29 is 18.7 Å². The van der Waals surface area contributed by atoms with Gasteiger partial charge in [-0.05, 0) is 31.4 Å². The summed E-state index contributed by atoms with van der Waals surface area (Å²) in [6, 6.07) is 3.18. The molecular weight excluding hydrogens is 246 g/mol. The molecule has 4 unspecified atom stereocenters. The van der Waals surface area contributed by atoms with Crippen LogP contribution in [0.15, 0.2) is 21.5 Å². The molecule has 0 aromatic carbocycles. The molecule has 3 rings (SSSR count). The lowest BCUT2D eigenvalue weighted by Crippen LogP contribution is -2.26. The lowest BCUT2D eigenvalue weighted by Gasteiger charge is -2.13. The molecule has 1 aliphatic carbocycles. The van der Waals surface area contributed by atoms with Crippen molar-refractivity contribution in [3.05, 3.63) is 23.7 Å². The van der Waals surface area contributed by atoms with Gasteiger partial charge in [0.1, 0.15) is 11.5 Å². The molecule has 5 nitrogen and oxygen atoms in total. The van der Waals surface area contributed by atoms with Gasteiger partial charge < -0.3 is 13.9 Å². The average molecular weight is 263 g/mol. The fraction of sp³-hybridized carbons (Fsp3) is 0.571. The number of hydrogen-bond acceptors (Lipinski definition) is 5. The van der Waals surface area contributed by atoms with Crippen molar-refractivity contribution in [2.75, 3.05) is 6.61 Å². The molecule has 0 spiro atoms. The molecular formula is C14H17NO4. The molecule has 19 heavy (non-hydrogen) atoms. The van der Waals surface area contributed by atoms with Crippen molar-refractivity contribution in [1.82, 2.24) is 0 Å². The number of aliphatic imine (C=N–C) groups is 1. The first-order chi connectivity index (χ1) is 9.20. The minimum Gasteiger partial charge on any atom is -0.469 e. The van der Waals surface area contributed by atoms with Gasteiger partial charge in [-0.3, -0.25) is 0 Å². The molecule has 2 aliphatic rings. The van der Waals surface area contributed by atoms with Crippen molar-refractivity contribution in [2.24, 2.45) is 10.9 Å². The second-order valence-corrected chi connectivity index (χ2v) is 5.07. The van der Waals surface area contributed by atoms with E-state index in [1.807, 2.05) is 12.1 Å². The minimum absolute atomic E-state index is 0.334. The first-order valence-electron chi connectivity index (χ1n) is 6.64. The zero-order valence-electron chi connectivity index (χ0n) is 11.0. The minimum atomic E-state index is -0.657. The molecule has 4 atom stereocenters. The predicted molar refractivity (Wildman–Crippen MR) is 68.0 cm³/mol. The Kier molecular flexibility index (Phi) is 3.05. The molecule has 0 amide bonds. The third kappa shape index (κ3) is 2.25. The average Bonchev–Trinajstić information content (AvgIpc) is 2.89. The van der Waals surface area contributed by atoms with Gasteiger partial charge in [0.15, 0.2) is 18.5 Å². The van der Waals surface area contributed by atoms with E-state index in [2.05, 4.69) is 11.9 Å². The van der Waals surface area contributed by atoms with Crippen LogP contribution in [0.1, 0.15) is 43.8 Å². The van der Waals surface area contributed by atoms with Gasteiger partial charge in [0.2, 0.25) is 0 Å². The number of nitrogens with zero attached hydrogens (tertiary/aromatic N) is 1. The van der Waals surface area contributed by atoms with Crippen molar-refractivity contribution >= 4 is 12.4 Å². The molecule has 102 valence electrons. The second kappa shape index (κ2) is 4.72.